The SMILES string of the molecule is C.C.C.C.C.C.C.CS(=O)(=O)C(F)(F)F.CS(=O)(=O)C(F)(F)F.CS(=O)(=O)C(F)(F)F.CS(=O)(=O)C(F)(F)F.II.II.II.II.O=S(=O)(OS(=O)(=O)C(F)(F)F)C(F)(F)F. The minimum Gasteiger partial charge on any atom is -0.220 e. The van der Waals surface area contributed by atoms with E-state index in [4.69, 9.17) is 0 Å². The van der Waals surface area contributed by atoms with Gasteiger partial charge in [0.1, 0.15) is 0 Å². The summed E-state index contributed by atoms with van der Waals surface area (Å²) in [5.41, 5.74) is -32.9. The summed E-state index contributed by atoms with van der Waals surface area (Å²) in [6.45, 7) is 0. The first-order valence-corrected chi connectivity index (χ1v) is 44.7. The van der Waals surface area contributed by atoms with E-state index in [9.17, 15) is 130 Å². The van der Waals surface area contributed by atoms with Crippen LogP contribution in [0.5, 0.6) is 0 Å². The Morgan fingerprint density at radius 2 is 0.323 bits per heavy atom. The van der Waals surface area contributed by atoms with Crippen LogP contribution in [0.25, 0.3) is 0 Å². The Kier molecular flexibility index (Phi) is 81.3. The van der Waals surface area contributed by atoms with E-state index in [1.54, 1.807) is 0 Å². The van der Waals surface area contributed by atoms with Crippen molar-refractivity contribution in [1.29, 1.82) is 0 Å². The predicted molar refractivity (Wildman–Crippen MR) is 274 cm³/mol. The van der Waals surface area contributed by atoms with Crippen LogP contribution >= 0.6 is 149 Å². The summed E-state index contributed by atoms with van der Waals surface area (Å²) in [5.74, 6) is 0. The third-order valence-electron chi connectivity index (χ3n) is 2.43. The molecule has 0 radical (unpaired) electrons. The van der Waals surface area contributed by atoms with Gasteiger partial charge in [0.25, 0.3) is 0 Å². The van der Waals surface area contributed by atoms with Crippen LogP contribution in [-0.4, -0.2) is 109 Å². The van der Waals surface area contributed by atoms with Gasteiger partial charge in [-0.15, -0.1) is 3.63 Å². The first kappa shape index (κ1) is 112. The van der Waals surface area contributed by atoms with E-state index in [1.807, 2.05) is 3.63 Å². The third kappa shape index (κ3) is 62.3. The van der Waals surface area contributed by atoms with Gasteiger partial charge in [0.15, 0.2) is 0 Å². The van der Waals surface area contributed by atoms with Crippen LogP contribution in [-0.2, 0) is 63.2 Å². The molecule has 0 aromatic rings. The first-order valence-electron chi connectivity index (χ1n) is 9.16. The van der Waals surface area contributed by atoms with Crippen LogP contribution in [0.2, 0.25) is 0 Å². The number of hydrogen-bond donors (Lipinski definition) is 0. The third-order valence-corrected chi connectivity index (χ3v) is 8.36. The summed E-state index contributed by atoms with van der Waals surface area (Å²) < 4.78 is 318. The standard InChI is InChI=1S/C2F6O5S2.4C2H3F3O2S.7CH4.4I2/c3-1(4,5)14(9,10)13-15(11,12)2(6,7)8;4*1-8(6,7)2(3,4)5;;;;;;;;4*1-2/h;4*1H3;7*1H4;;;;. The Morgan fingerprint density at radius 1 is 0.258 bits per heavy atom. The Balaban J connectivity index is -0.0000000290. The molecule has 0 aromatic carbocycles. The second kappa shape index (κ2) is 45.1. The number of halogens is 26. The van der Waals surface area contributed by atoms with Crippen LogP contribution in [0.4, 0.5) is 79.0 Å². The molecule has 0 rings (SSSR count). The average molecular weight is 2000 g/mol. The van der Waals surface area contributed by atoms with E-state index in [-0.39, 0.29) is 77.0 Å². The van der Waals surface area contributed by atoms with Crippen LogP contribution in [0, 0.1) is 0 Å². The molecule has 0 unspecified atom stereocenters. The summed E-state index contributed by atoms with van der Waals surface area (Å²) in [4.78, 5) is 0. The monoisotopic (exact) mass is 2000 g/mol. The minimum atomic E-state index is -6.85. The lowest BCUT2D eigenvalue weighted by atomic mass is 11.6. The van der Waals surface area contributed by atoms with Gasteiger partial charge in [-0.1, -0.05) is 52.0 Å². The molecule has 0 saturated heterocycles. The Morgan fingerprint density at radius 3 is 0.355 bits per heavy atom. The molecule has 0 aromatic heterocycles. The Bertz CT molecular complexity index is 1490. The lowest BCUT2D eigenvalue weighted by Gasteiger charge is -2.09. The molecule has 62 heavy (non-hydrogen) atoms. The highest BCUT2D eigenvalue weighted by molar-refractivity contribution is 15.0. The van der Waals surface area contributed by atoms with Crippen molar-refractivity contribution in [2.75, 3.05) is 25.0 Å². The molecule has 0 N–H and O–H groups in total. The van der Waals surface area contributed by atoms with Crippen molar-refractivity contribution in [2.24, 2.45) is 0 Å². The molecule has 0 heterocycles. The fourth-order valence-electron chi connectivity index (χ4n) is 0.195. The largest absolute Gasteiger partial charge is 0.524 e. The van der Waals surface area contributed by atoms with Gasteiger partial charge in [-0.2, -0.15) is 95.9 Å². The van der Waals surface area contributed by atoms with Gasteiger partial charge < -0.3 is 0 Å². The van der Waals surface area contributed by atoms with Gasteiger partial charge in [0.05, 0.1) is 0 Å². The maximum Gasteiger partial charge on any atom is 0.524 e. The molecule has 0 fully saturated rings. The van der Waals surface area contributed by atoms with E-state index < -0.39 is 92.6 Å². The molecule has 0 bridgehead atoms. The molecule has 45 heteroatoms. The predicted octanol–water partition coefficient (Wildman–Crippen LogP) is 14.4. The van der Waals surface area contributed by atoms with E-state index in [0.29, 0.717) is 0 Å². The van der Waals surface area contributed by atoms with Crippen LogP contribution in [0.15, 0.2) is 0 Å². The van der Waals surface area contributed by atoms with Crippen molar-refractivity contribution in [1.82, 2.24) is 0 Å². The quantitative estimate of drug-likeness (QED) is 0.143. The van der Waals surface area contributed by atoms with Gasteiger partial charge in [0.2, 0.25) is 39.3 Å². The van der Waals surface area contributed by atoms with Crippen molar-refractivity contribution in [3.05, 3.63) is 0 Å². The highest BCUT2D eigenvalue weighted by Gasteiger charge is 2.57. The normalized spacial score (nSPS) is 11.3. The second-order valence-corrected chi connectivity index (χ2v) is 18.1. The molecule has 0 aliphatic rings. The molecule has 0 saturated carbocycles. The number of alkyl halides is 18. The smallest absolute Gasteiger partial charge is 0.220 e. The fraction of sp³-hybridized carbons (Fsp3) is 1.00. The highest BCUT2D eigenvalue weighted by Crippen LogP contribution is 2.32. The average Bonchev–Trinajstić information content (AvgIpc) is 2.88. The summed E-state index contributed by atoms with van der Waals surface area (Å²) in [5, 5.41) is 0. The van der Waals surface area contributed by atoms with Crippen LogP contribution in [0.3, 0.4) is 0 Å². The van der Waals surface area contributed by atoms with E-state index in [0.717, 1.165) is 0 Å². The highest BCUT2D eigenvalue weighted by atomic mass is 128. The van der Waals surface area contributed by atoms with Crippen LogP contribution < -0.4 is 0 Å². The van der Waals surface area contributed by atoms with Gasteiger partial charge in [-0.25, -0.2) is 33.7 Å². The van der Waals surface area contributed by atoms with E-state index in [1.165, 1.54) is 0 Å². The lowest BCUT2D eigenvalue weighted by molar-refractivity contribution is -0.0587. The molecule has 0 atom stereocenters. The van der Waals surface area contributed by atoms with Crippen molar-refractivity contribution in [3.8, 4) is 0 Å². The zero-order valence-electron chi connectivity index (χ0n) is 24.6. The molecule has 0 aliphatic carbocycles. The number of sulfone groups is 4. The molecular weight excluding hydrogens is 1960 g/mol. The molecular formula is C17H40F18I8O13S6. The summed E-state index contributed by atoms with van der Waals surface area (Å²) in [7, 11) is -33.1. The van der Waals surface area contributed by atoms with Crippen molar-refractivity contribution in [2.45, 2.75) is 85.0 Å². The maximum atomic E-state index is 11.4. The van der Waals surface area contributed by atoms with E-state index in [2.05, 4.69) is 149 Å². The topological polar surface area (TPSA) is 214 Å². The fourth-order valence-corrected chi connectivity index (χ4v) is 1.76. The molecule has 0 amide bonds. The first-order chi connectivity index (χ1) is 23.2. The minimum absolute atomic E-state index is 0. The van der Waals surface area contributed by atoms with E-state index >= 15 is 0 Å². The van der Waals surface area contributed by atoms with Crippen molar-refractivity contribution < 1.29 is 133 Å². The Labute approximate surface area is 444 Å². The Hall–Kier alpha value is 4.24. The molecule has 0 spiro atoms. The van der Waals surface area contributed by atoms with Crippen molar-refractivity contribution in [3.63, 3.8) is 0 Å². The van der Waals surface area contributed by atoms with Crippen LogP contribution in [0.1, 0.15) is 52.0 Å². The number of rotatable bonds is 2. The molecule has 13 nitrogen and oxygen atoms in total. The maximum absolute atomic E-state index is 11.4. The van der Waals surface area contributed by atoms with Gasteiger partial charge >= 0.3 is 53.3 Å². The zero-order chi connectivity index (χ0) is 48.7. The lowest BCUT2D eigenvalue weighted by Crippen LogP contribution is -2.34. The molecule has 0 aliphatic heterocycles. The second-order valence-electron chi connectivity index (χ2n) is 6.74. The van der Waals surface area contributed by atoms with Crippen molar-refractivity contribution >= 4 is 209 Å². The summed E-state index contributed by atoms with van der Waals surface area (Å²) in [6.07, 6.45) is 0.472. The summed E-state index contributed by atoms with van der Waals surface area (Å²) >= 11 is 17.0. The van der Waals surface area contributed by atoms with Gasteiger partial charge in [-0.05, 0) is 0 Å². The zero-order valence-corrected chi connectivity index (χ0v) is 46.7. The van der Waals surface area contributed by atoms with Gasteiger partial charge in [0, 0.05) is 174 Å². The summed E-state index contributed by atoms with van der Waals surface area (Å²) in [6, 6.07) is 0. The molecule has 404 valence electrons. The van der Waals surface area contributed by atoms with Gasteiger partial charge in [-0.3, -0.25) is 0 Å². The number of hydrogen-bond acceptors (Lipinski definition) is 13.